The normalized spacial score (nSPS) is 11.6. The predicted octanol–water partition coefficient (Wildman–Crippen LogP) is 1.24. The minimum absolute atomic E-state index is 0.0447. The number of nitrogens with two attached hydrogens (primary N) is 1. The quantitative estimate of drug-likeness (QED) is 0.828. The molecule has 3 N–H and O–H groups in total. The summed E-state index contributed by atoms with van der Waals surface area (Å²) in [5, 5.41) is 9.02. The lowest BCUT2D eigenvalue weighted by atomic mass is 10.1. The van der Waals surface area contributed by atoms with Crippen molar-refractivity contribution < 1.29 is 23.0 Å². The van der Waals surface area contributed by atoms with Gasteiger partial charge in [-0.25, -0.2) is 0 Å². The molecular weight excluding hydrogens is 225 g/mol. The van der Waals surface area contributed by atoms with E-state index in [0.29, 0.717) is 5.69 Å². The highest BCUT2D eigenvalue weighted by atomic mass is 19.4. The smallest absolute Gasteiger partial charge is 0.404 e. The highest BCUT2D eigenvalue weighted by molar-refractivity contribution is 5.39. The summed E-state index contributed by atoms with van der Waals surface area (Å²) in [4.78, 5) is 3.70. The summed E-state index contributed by atoms with van der Waals surface area (Å²) < 4.78 is 39.8. The molecule has 0 fully saturated rings. The molecule has 0 aromatic carbocycles. The third-order valence-electron chi connectivity index (χ3n) is 2.09. The largest absolute Gasteiger partial charge is 0.573 e. The molecule has 0 unspecified atom stereocenters. The molecule has 4 nitrogen and oxygen atoms in total. The van der Waals surface area contributed by atoms with Crippen LogP contribution in [0.3, 0.4) is 0 Å². The minimum Gasteiger partial charge on any atom is -0.404 e. The maximum Gasteiger partial charge on any atom is 0.573 e. The van der Waals surface area contributed by atoms with Crippen molar-refractivity contribution in [2.75, 3.05) is 0 Å². The summed E-state index contributed by atoms with van der Waals surface area (Å²) in [7, 11) is 0. The number of pyridine rings is 1. The molecule has 1 rings (SSSR count). The molecular formula is C9H11F3N2O2. The lowest BCUT2D eigenvalue weighted by molar-refractivity contribution is -0.275. The van der Waals surface area contributed by atoms with Crippen molar-refractivity contribution in [1.82, 2.24) is 4.98 Å². The van der Waals surface area contributed by atoms with Gasteiger partial charge in [-0.05, 0) is 6.92 Å². The monoisotopic (exact) mass is 236 g/mol. The first-order valence-electron chi connectivity index (χ1n) is 4.43. The number of aromatic nitrogens is 1. The molecule has 7 heteroatoms. The standard InChI is InChI=1S/C9H11F3N2O2/c1-5-6(4-15)7(2-13)14-3-8(5)16-9(10,11)12/h3,15H,2,4,13H2,1H3. The fourth-order valence-corrected chi connectivity index (χ4v) is 1.29. The number of rotatable bonds is 3. The number of ether oxygens (including phenoxy) is 1. The number of aliphatic hydroxyl groups is 1. The first-order chi connectivity index (χ1) is 7.39. The van der Waals surface area contributed by atoms with Crippen LogP contribution in [0.15, 0.2) is 6.20 Å². The van der Waals surface area contributed by atoms with Crippen LogP contribution in [0.25, 0.3) is 0 Å². The van der Waals surface area contributed by atoms with Gasteiger partial charge in [-0.2, -0.15) is 0 Å². The predicted molar refractivity (Wildman–Crippen MR) is 49.5 cm³/mol. The lowest BCUT2D eigenvalue weighted by Gasteiger charge is -2.14. The Hall–Kier alpha value is -1.34. The van der Waals surface area contributed by atoms with E-state index in [0.717, 1.165) is 6.20 Å². The number of hydrogen-bond acceptors (Lipinski definition) is 4. The van der Waals surface area contributed by atoms with E-state index in [1.165, 1.54) is 6.92 Å². The van der Waals surface area contributed by atoms with Crippen molar-refractivity contribution in [3.63, 3.8) is 0 Å². The van der Waals surface area contributed by atoms with E-state index in [4.69, 9.17) is 10.8 Å². The maximum atomic E-state index is 12.0. The number of aliphatic hydroxyl groups excluding tert-OH is 1. The summed E-state index contributed by atoms with van der Waals surface area (Å²) in [6.07, 6.45) is -3.83. The van der Waals surface area contributed by atoms with Crippen molar-refractivity contribution in [2.45, 2.75) is 26.4 Å². The molecule has 0 saturated carbocycles. The Kier molecular flexibility index (Phi) is 3.71. The topological polar surface area (TPSA) is 68.4 Å². The van der Waals surface area contributed by atoms with Gasteiger partial charge in [0.1, 0.15) is 0 Å². The SMILES string of the molecule is Cc1c(OC(F)(F)F)cnc(CN)c1CO. The van der Waals surface area contributed by atoms with Crippen molar-refractivity contribution in [1.29, 1.82) is 0 Å². The van der Waals surface area contributed by atoms with E-state index in [1.54, 1.807) is 0 Å². The van der Waals surface area contributed by atoms with Crippen LogP contribution >= 0.6 is 0 Å². The van der Waals surface area contributed by atoms with Crippen LogP contribution in [0.1, 0.15) is 16.8 Å². The summed E-state index contributed by atoms with van der Waals surface area (Å²) >= 11 is 0. The Morgan fingerprint density at radius 1 is 1.50 bits per heavy atom. The second kappa shape index (κ2) is 4.67. The maximum absolute atomic E-state index is 12.0. The Morgan fingerprint density at radius 2 is 2.12 bits per heavy atom. The summed E-state index contributed by atoms with van der Waals surface area (Å²) in [5.74, 6) is -0.422. The van der Waals surface area contributed by atoms with E-state index in [-0.39, 0.29) is 17.7 Å². The number of halogens is 3. The van der Waals surface area contributed by atoms with E-state index in [9.17, 15) is 13.2 Å². The van der Waals surface area contributed by atoms with Gasteiger partial charge in [0.05, 0.1) is 18.5 Å². The first-order valence-corrected chi connectivity index (χ1v) is 4.43. The number of hydrogen-bond donors (Lipinski definition) is 2. The van der Waals surface area contributed by atoms with Crippen LogP contribution in [0.2, 0.25) is 0 Å². The van der Waals surface area contributed by atoms with Gasteiger partial charge in [-0.3, -0.25) is 4.98 Å². The zero-order valence-electron chi connectivity index (χ0n) is 8.51. The molecule has 0 saturated heterocycles. The van der Waals surface area contributed by atoms with Crippen LogP contribution in [-0.2, 0) is 13.2 Å². The molecule has 1 heterocycles. The van der Waals surface area contributed by atoms with Crippen LogP contribution in [-0.4, -0.2) is 16.5 Å². The van der Waals surface area contributed by atoms with E-state index in [2.05, 4.69) is 9.72 Å². The van der Waals surface area contributed by atoms with E-state index >= 15 is 0 Å². The van der Waals surface area contributed by atoms with Crippen LogP contribution < -0.4 is 10.5 Å². The molecule has 1 aromatic rings. The zero-order valence-corrected chi connectivity index (χ0v) is 8.51. The summed E-state index contributed by atoms with van der Waals surface area (Å²) in [6.45, 7) is 1.02. The number of nitrogens with zero attached hydrogens (tertiary/aromatic N) is 1. The average molecular weight is 236 g/mol. The Labute approximate surface area is 89.9 Å². The van der Waals surface area contributed by atoms with Gasteiger partial charge >= 0.3 is 6.36 Å². The van der Waals surface area contributed by atoms with Crippen LogP contribution in [0.4, 0.5) is 13.2 Å². The Bertz CT molecular complexity index is 380. The third-order valence-corrected chi connectivity index (χ3v) is 2.09. The second-order valence-electron chi connectivity index (χ2n) is 3.08. The molecule has 16 heavy (non-hydrogen) atoms. The molecule has 0 aliphatic heterocycles. The first kappa shape index (κ1) is 12.7. The molecule has 0 aliphatic rings. The molecule has 0 bridgehead atoms. The molecule has 0 spiro atoms. The lowest BCUT2D eigenvalue weighted by Crippen LogP contribution is -2.19. The van der Waals surface area contributed by atoms with Crippen LogP contribution in [0, 0.1) is 6.92 Å². The highest BCUT2D eigenvalue weighted by Gasteiger charge is 2.32. The molecule has 0 amide bonds. The Morgan fingerprint density at radius 3 is 2.56 bits per heavy atom. The van der Waals surface area contributed by atoms with Gasteiger partial charge in [0.25, 0.3) is 0 Å². The second-order valence-corrected chi connectivity index (χ2v) is 3.08. The van der Waals surface area contributed by atoms with Crippen molar-refractivity contribution >= 4 is 0 Å². The molecule has 90 valence electrons. The molecule has 0 radical (unpaired) electrons. The molecule has 0 atom stereocenters. The average Bonchev–Trinajstić information content (AvgIpc) is 2.19. The van der Waals surface area contributed by atoms with Gasteiger partial charge in [0.15, 0.2) is 5.75 Å². The van der Waals surface area contributed by atoms with Crippen LogP contribution in [0.5, 0.6) is 5.75 Å². The third kappa shape index (κ3) is 2.83. The van der Waals surface area contributed by atoms with Gasteiger partial charge in [-0.15, -0.1) is 13.2 Å². The van der Waals surface area contributed by atoms with Gasteiger partial charge in [0, 0.05) is 17.7 Å². The number of alkyl halides is 3. The minimum atomic E-state index is -4.77. The molecule has 1 aromatic heterocycles. The molecule has 0 aliphatic carbocycles. The zero-order chi connectivity index (χ0) is 12.3. The Balaban J connectivity index is 3.14. The van der Waals surface area contributed by atoms with Gasteiger partial charge in [-0.1, -0.05) is 0 Å². The van der Waals surface area contributed by atoms with Crippen molar-refractivity contribution in [3.8, 4) is 5.75 Å². The van der Waals surface area contributed by atoms with Gasteiger partial charge in [0.2, 0.25) is 0 Å². The van der Waals surface area contributed by atoms with Crippen molar-refractivity contribution in [2.24, 2.45) is 5.73 Å². The fourth-order valence-electron chi connectivity index (χ4n) is 1.29. The van der Waals surface area contributed by atoms with E-state index < -0.39 is 18.7 Å². The summed E-state index contributed by atoms with van der Waals surface area (Å²) in [5.41, 5.74) is 6.15. The van der Waals surface area contributed by atoms with E-state index in [1.807, 2.05) is 0 Å². The fraction of sp³-hybridized carbons (Fsp3) is 0.444. The van der Waals surface area contributed by atoms with Gasteiger partial charge < -0.3 is 15.6 Å². The highest BCUT2D eigenvalue weighted by Crippen LogP contribution is 2.28. The summed E-state index contributed by atoms with van der Waals surface area (Å²) in [6, 6.07) is 0. The van der Waals surface area contributed by atoms with Crippen molar-refractivity contribution in [3.05, 3.63) is 23.0 Å².